The van der Waals surface area contributed by atoms with E-state index in [1.165, 1.54) is 0 Å². The molecule has 2 rings (SSSR count). The Morgan fingerprint density at radius 3 is 2.65 bits per heavy atom. The second-order valence-electron chi connectivity index (χ2n) is 5.53. The van der Waals surface area contributed by atoms with Crippen molar-refractivity contribution >= 4 is 11.7 Å². The summed E-state index contributed by atoms with van der Waals surface area (Å²) in [5.41, 5.74) is 5.49. The highest BCUT2D eigenvalue weighted by Gasteiger charge is 2.55. The fourth-order valence-electron chi connectivity index (χ4n) is 2.19. The predicted octanol–water partition coefficient (Wildman–Crippen LogP) is 2.07. The average molecular weight is 235 g/mol. The number of carbonyl (C=O) groups is 1. The van der Waals surface area contributed by atoms with Gasteiger partial charge in [-0.05, 0) is 18.2 Å². The van der Waals surface area contributed by atoms with E-state index in [0.29, 0.717) is 17.9 Å². The molecule has 0 radical (unpaired) electrons. The molecule has 1 unspecified atom stereocenters. The number of rotatable bonds is 1. The number of anilines is 1. The molecule has 17 heavy (non-hydrogen) atoms. The van der Waals surface area contributed by atoms with E-state index in [2.05, 4.69) is 0 Å². The van der Waals surface area contributed by atoms with Crippen LogP contribution in [0.1, 0.15) is 26.3 Å². The van der Waals surface area contributed by atoms with Crippen molar-refractivity contribution < 1.29 is 14.6 Å². The third kappa shape index (κ3) is 1.64. The molecular formula is C13H17NO3. The summed E-state index contributed by atoms with van der Waals surface area (Å²) in [5.74, 6) is -0.309. The van der Waals surface area contributed by atoms with Crippen molar-refractivity contribution in [1.29, 1.82) is 0 Å². The topological polar surface area (TPSA) is 72.5 Å². The Labute approximate surface area is 100 Å². The van der Waals surface area contributed by atoms with Crippen LogP contribution >= 0.6 is 0 Å². The lowest BCUT2D eigenvalue weighted by Crippen LogP contribution is -2.54. The molecule has 0 fully saturated rings. The van der Waals surface area contributed by atoms with Gasteiger partial charge >= 0.3 is 5.97 Å². The number of benzene rings is 1. The fourth-order valence-corrected chi connectivity index (χ4v) is 2.19. The molecule has 0 spiro atoms. The van der Waals surface area contributed by atoms with Gasteiger partial charge in [-0.2, -0.15) is 0 Å². The van der Waals surface area contributed by atoms with Gasteiger partial charge in [-0.1, -0.05) is 20.8 Å². The van der Waals surface area contributed by atoms with E-state index >= 15 is 0 Å². The number of carboxylic acid groups (broad SMARTS) is 1. The van der Waals surface area contributed by atoms with E-state index in [-0.39, 0.29) is 0 Å². The molecule has 92 valence electrons. The maximum Gasteiger partial charge on any atom is 0.348 e. The van der Waals surface area contributed by atoms with E-state index in [0.717, 1.165) is 5.56 Å². The largest absolute Gasteiger partial charge is 0.478 e. The SMILES string of the molecule is CC(C)(C)C1(C(=O)O)Cc2cc(N)ccc2O1. The van der Waals surface area contributed by atoms with Crippen molar-refractivity contribution in [3.05, 3.63) is 23.8 Å². The van der Waals surface area contributed by atoms with Gasteiger partial charge in [0.25, 0.3) is 0 Å². The number of ether oxygens (including phenoxy) is 1. The minimum Gasteiger partial charge on any atom is -0.478 e. The van der Waals surface area contributed by atoms with E-state index in [1.54, 1.807) is 18.2 Å². The van der Waals surface area contributed by atoms with Crippen molar-refractivity contribution in [2.24, 2.45) is 5.41 Å². The smallest absolute Gasteiger partial charge is 0.348 e. The molecule has 1 atom stereocenters. The van der Waals surface area contributed by atoms with Crippen LogP contribution in [0.5, 0.6) is 5.75 Å². The molecule has 1 heterocycles. The summed E-state index contributed by atoms with van der Waals surface area (Å²) in [6, 6.07) is 5.24. The number of nitrogen functional groups attached to an aromatic ring is 1. The molecule has 0 aliphatic carbocycles. The Morgan fingerprint density at radius 1 is 1.47 bits per heavy atom. The minimum absolute atomic E-state index is 0.353. The number of carboxylic acids is 1. The average Bonchev–Trinajstić information content (AvgIpc) is 2.56. The summed E-state index contributed by atoms with van der Waals surface area (Å²) < 4.78 is 5.72. The highest BCUT2D eigenvalue weighted by atomic mass is 16.5. The molecule has 0 saturated carbocycles. The molecule has 0 aromatic heterocycles. The maximum atomic E-state index is 11.6. The van der Waals surface area contributed by atoms with Gasteiger partial charge in [-0.15, -0.1) is 0 Å². The first-order valence-electron chi connectivity index (χ1n) is 5.57. The Bertz CT molecular complexity index is 476. The first kappa shape index (κ1) is 11.8. The van der Waals surface area contributed by atoms with Crippen molar-refractivity contribution in [2.45, 2.75) is 32.8 Å². The first-order chi connectivity index (χ1) is 7.76. The monoisotopic (exact) mass is 235 g/mol. The summed E-state index contributed by atoms with van der Waals surface area (Å²) in [5, 5.41) is 9.48. The van der Waals surface area contributed by atoms with Crippen molar-refractivity contribution in [3.63, 3.8) is 0 Å². The highest BCUT2D eigenvalue weighted by Crippen LogP contribution is 2.45. The molecule has 1 aliphatic rings. The van der Waals surface area contributed by atoms with Crippen molar-refractivity contribution in [2.75, 3.05) is 5.73 Å². The highest BCUT2D eigenvalue weighted by molar-refractivity contribution is 5.81. The fraction of sp³-hybridized carbons (Fsp3) is 0.462. The second kappa shape index (κ2) is 3.39. The second-order valence-corrected chi connectivity index (χ2v) is 5.53. The molecular weight excluding hydrogens is 218 g/mol. The lowest BCUT2D eigenvalue weighted by Gasteiger charge is -2.36. The van der Waals surface area contributed by atoms with Gasteiger partial charge in [0, 0.05) is 23.1 Å². The van der Waals surface area contributed by atoms with Gasteiger partial charge < -0.3 is 15.6 Å². The summed E-state index contributed by atoms with van der Waals surface area (Å²) in [7, 11) is 0. The van der Waals surface area contributed by atoms with Gasteiger partial charge in [0.1, 0.15) is 5.75 Å². The summed E-state index contributed by atoms with van der Waals surface area (Å²) in [4.78, 5) is 11.6. The van der Waals surface area contributed by atoms with E-state index in [9.17, 15) is 9.90 Å². The molecule has 4 nitrogen and oxygen atoms in total. The van der Waals surface area contributed by atoms with Crippen LogP contribution in [0, 0.1) is 5.41 Å². The summed E-state index contributed by atoms with van der Waals surface area (Å²) in [6.07, 6.45) is 0.353. The first-order valence-corrected chi connectivity index (χ1v) is 5.57. The number of aliphatic carboxylic acids is 1. The van der Waals surface area contributed by atoms with Crippen LogP contribution in [0.2, 0.25) is 0 Å². The molecule has 1 aromatic rings. The molecule has 0 amide bonds. The van der Waals surface area contributed by atoms with Crippen molar-refractivity contribution in [3.8, 4) is 5.75 Å². The zero-order chi connectivity index (χ0) is 12.8. The Balaban J connectivity index is 2.48. The normalized spacial score (nSPS) is 23.0. The lowest BCUT2D eigenvalue weighted by atomic mass is 9.74. The third-order valence-corrected chi connectivity index (χ3v) is 3.37. The quantitative estimate of drug-likeness (QED) is 0.731. The third-order valence-electron chi connectivity index (χ3n) is 3.37. The lowest BCUT2D eigenvalue weighted by molar-refractivity contribution is -0.163. The van der Waals surface area contributed by atoms with Crippen LogP contribution in [0.4, 0.5) is 5.69 Å². The number of fused-ring (bicyclic) bond motifs is 1. The zero-order valence-electron chi connectivity index (χ0n) is 10.3. The van der Waals surface area contributed by atoms with Crippen LogP contribution in [-0.4, -0.2) is 16.7 Å². The Kier molecular flexibility index (Phi) is 2.35. The van der Waals surface area contributed by atoms with Crippen LogP contribution in [0.25, 0.3) is 0 Å². The van der Waals surface area contributed by atoms with Gasteiger partial charge in [0.05, 0.1) is 0 Å². The predicted molar refractivity (Wildman–Crippen MR) is 65.0 cm³/mol. The minimum atomic E-state index is -1.21. The number of nitrogens with two attached hydrogens (primary N) is 1. The van der Waals surface area contributed by atoms with Crippen LogP contribution in [-0.2, 0) is 11.2 Å². The molecule has 0 saturated heterocycles. The van der Waals surface area contributed by atoms with E-state index in [1.807, 2.05) is 20.8 Å². The number of hydrogen-bond donors (Lipinski definition) is 2. The van der Waals surface area contributed by atoms with Crippen LogP contribution < -0.4 is 10.5 Å². The Morgan fingerprint density at radius 2 is 2.12 bits per heavy atom. The standard InChI is InChI=1S/C13H17NO3/c1-12(2,3)13(11(15)16)7-8-6-9(14)4-5-10(8)17-13/h4-6H,7,14H2,1-3H3,(H,15,16). The van der Waals surface area contributed by atoms with Gasteiger partial charge in [0.15, 0.2) is 0 Å². The molecule has 1 aliphatic heterocycles. The Hall–Kier alpha value is -1.71. The van der Waals surface area contributed by atoms with Crippen molar-refractivity contribution in [1.82, 2.24) is 0 Å². The van der Waals surface area contributed by atoms with E-state index in [4.69, 9.17) is 10.5 Å². The maximum absolute atomic E-state index is 11.6. The molecule has 1 aromatic carbocycles. The zero-order valence-corrected chi connectivity index (χ0v) is 10.3. The van der Waals surface area contributed by atoms with Gasteiger partial charge in [-0.3, -0.25) is 0 Å². The van der Waals surface area contributed by atoms with Gasteiger partial charge in [-0.25, -0.2) is 4.79 Å². The summed E-state index contributed by atoms with van der Waals surface area (Å²) >= 11 is 0. The molecule has 4 heteroatoms. The summed E-state index contributed by atoms with van der Waals surface area (Å²) in [6.45, 7) is 5.61. The number of hydrogen-bond acceptors (Lipinski definition) is 3. The molecule has 0 bridgehead atoms. The van der Waals surface area contributed by atoms with E-state index < -0.39 is 17.0 Å². The van der Waals surface area contributed by atoms with Crippen LogP contribution in [0.3, 0.4) is 0 Å². The van der Waals surface area contributed by atoms with Gasteiger partial charge in [0.2, 0.25) is 5.60 Å². The molecule has 3 N–H and O–H groups in total. The van der Waals surface area contributed by atoms with Crippen LogP contribution in [0.15, 0.2) is 18.2 Å².